The van der Waals surface area contributed by atoms with E-state index in [0.29, 0.717) is 4.88 Å². The average Bonchev–Trinajstić information content (AvgIpc) is 2.82. The van der Waals surface area contributed by atoms with Crippen molar-refractivity contribution in [2.45, 2.75) is 26.3 Å². The minimum atomic E-state index is -0.242. The lowest BCUT2D eigenvalue weighted by Crippen LogP contribution is -2.35. The first-order valence-corrected chi connectivity index (χ1v) is 7.36. The number of hydrazine groups is 1. The molecular formula is C12H20N4O2S. The molecule has 0 unspecified atom stereocenters. The lowest BCUT2D eigenvalue weighted by atomic mass is 10.2. The van der Waals surface area contributed by atoms with Gasteiger partial charge in [0.05, 0.1) is 25.5 Å². The van der Waals surface area contributed by atoms with Crippen LogP contribution in [0.1, 0.15) is 33.7 Å². The highest BCUT2D eigenvalue weighted by atomic mass is 32.1. The molecule has 3 N–H and O–H groups in total. The molecule has 0 saturated carbocycles. The first-order chi connectivity index (χ1) is 9.24. The van der Waals surface area contributed by atoms with Gasteiger partial charge in [-0.2, -0.15) is 0 Å². The number of aryl methyl sites for hydroxylation is 1. The third kappa shape index (κ3) is 3.73. The van der Waals surface area contributed by atoms with Gasteiger partial charge in [0.2, 0.25) is 0 Å². The van der Waals surface area contributed by atoms with Crippen LogP contribution in [-0.4, -0.2) is 42.1 Å². The summed E-state index contributed by atoms with van der Waals surface area (Å²) < 4.78 is 5.32. The van der Waals surface area contributed by atoms with Crippen molar-refractivity contribution in [1.29, 1.82) is 0 Å². The second-order valence-corrected chi connectivity index (χ2v) is 5.58. The number of rotatable bonds is 5. The largest absolute Gasteiger partial charge is 0.379 e. The minimum Gasteiger partial charge on any atom is -0.379 e. The fourth-order valence-corrected chi connectivity index (χ4v) is 3.12. The second kappa shape index (κ2) is 6.95. The maximum absolute atomic E-state index is 11.7. The molecule has 2 rings (SSSR count). The smallest absolute Gasteiger partial charge is 0.277 e. The van der Waals surface area contributed by atoms with Gasteiger partial charge in [-0.25, -0.2) is 10.8 Å². The molecule has 2 heterocycles. The molecule has 0 spiro atoms. The lowest BCUT2D eigenvalue weighted by molar-refractivity contribution is 0.0341. The van der Waals surface area contributed by atoms with E-state index >= 15 is 0 Å². The van der Waals surface area contributed by atoms with Crippen molar-refractivity contribution in [1.82, 2.24) is 15.3 Å². The van der Waals surface area contributed by atoms with E-state index in [1.54, 1.807) is 0 Å². The highest BCUT2D eigenvalue weighted by Crippen LogP contribution is 2.21. The van der Waals surface area contributed by atoms with Gasteiger partial charge in [0.15, 0.2) is 0 Å². The first kappa shape index (κ1) is 14.4. The number of nitrogens with two attached hydrogens (primary N) is 1. The Balaban J connectivity index is 2.09. The molecule has 7 heteroatoms. The maximum Gasteiger partial charge on any atom is 0.277 e. The molecule has 1 fully saturated rings. The summed E-state index contributed by atoms with van der Waals surface area (Å²) in [7, 11) is 0. The Bertz CT molecular complexity index is 429. The maximum atomic E-state index is 11.7. The van der Waals surface area contributed by atoms with Crippen LogP contribution < -0.4 is 11.3 Å². The molecule has 1 aliphatic rings. The van der Waals surface area contributed by atoms with Crippen LogP contribution >= 0.6 is 11.3 Å². The summed E-state index contributed by atoms with van der Waals surface area (Å²) >= 11 is 1.44. The molecule has 0 aliphatic carbocycles. The molecule has 6 nitrogen and oxygen atoms in total. The van der Waals surface area contributed by atoms with Crippen LogP contribution in [0, 0.1) is 0 Å². The van der Waals surface area contributed by atoms with Gasteiger partial charge in [-0.15, -0.1) is 11.3 Å². The van der Waals surface area contributed by atoms with Crippen molar-refractivity contribution in [2.75, 3.05) is 26.3 Å². The van der Waals surface area contributed by atoms with Crippen molar-refractivity contribution in [3.05, 3.63) is 15.6 Å². The van der Waals surface area contributed by atoms with Crippen LogP contribution in [0.4, 0.5) is 0 Å². The first-order valence-electron chi connectivity index (χ1n) is 6.54. The summed E-state index contributed by atoms with van der Waals surface area (Å²) in [5, 5.41) is 0.976. The Kier molecular flexibility index (Phi) is 5.26. The fraction of sp³-hybridized carbons (Fsp3) is 0.667. The molecule has 19 heavy (non-hydrogen) atoms. The molecule has 1 saturated heterocycles. The Labute approximate surface area is 116 Å². The number of amides is 1. The molecule has 1 aromatic heterocycles. The van der Waals surface area contributed by atoms with Crippen molar-refractivity contribution in [3.8, 4) is 0 Å². The molecule has 1 amide bonds. The minimum absolute atomic E-state index is 0.242. The predicted octanol–water partition coefficient (Wildman–Crippen LogP) is 0.531. The topological polar surface area (TPSA) is 80.5 Å². The zero-order valence-corrected chi connectivity index (χ0v) is 12.0. The van der Waals surface area contributed by atoms with Crippen molar-refractivity contribution >= 4 is 17.2 Å². The van der Waals surface area contributed by atoms with E-state index in [1.165, 1.54) is 11.3 Å². The zero-order valence-electron chi connectivity index (χ0n) is 11.1. The van der Waals surface area contributed by atoms with Gasteiger partial charge in [-0.05, 0) is 6.42 Å². The summed E-state index contributed by atoms with van der Waals surface area (Å²) in [4.78, 5) is 19.2. The van der Waals surface area contributed by atoms with Gasteiger partial charge in [0.25, 0.3) is 5.91 Å². The van der Waals surface area contributed by atoms with E-state index < -0.39 is 0 Å². The zero-order chi connectivity index (χ0) is 13.7. The monoisotopic (exact) mass is 284 g/mol. The number of thiazole rings is 1. The summed E-state index contributed by atoms with van der Waals surface area (Å²) in [6, 6.07) is 0. The molecular weight excluding hydrogens is 264 g/mol. The predicted molar refractivity (Wildman–Crippen MR) is 73.9 cm³/mol. The fourth-order valence-electron chi connectivity index (χ4n) is 2.07. The number of nitrogens with zero attached hydrogens (tertiary/aromatic N) is 2. The number of hydrogen-bond acceptors (Lipinski definition) is 6. The van der Waals surface area contributed by atoms with Crippen LogP contribution in [-0.2, 0) is 17.7 Å². The number of hydrogen-bond donors (Lipinski definition) is 2. The summed E-state index contributed by atoms with van der Waals surface area (Å²) in [5.74, 6) is 4.97. The van der Waals surface area contributed by atoms with Crippen LogP contribution in [0.2, 0.25) is 0 Å². The van der Waals surface area contributed by atoms with E-state index in [0.717, 1.165) is 56.4 Å². The van der Waals surface area contributed by atoms with Crippen LogP contribution in [0.5, 0.6) is 0 Å². The molecule has 106 valence electrons. The molecule has 1 aliphatic heterocycles. The Morgan fingerprint density at radius 3 is 2.89 bits per heavy atom. The standard InChI is InChI=1S/C12H20N4O2S/c1-2-3-9-11(12(17)15-13)19-10(14-9)8-16-4-6-18-7-5-16/h2-8,13H2,1H3,(H,15,17). The van der Waals surface area contributed by atoms with Gasteiger partial charge in [0, 0.05) is 13.1 Å². The van der Waals surface area contributed by atoms with Gasteiger partial charge in [-0.1, -0.05) is 13.3 Å². The van der Waals surface area contributed by atoms with Crippen molar-refractivity contribution < 1.29 is 9.53 Å². The molecule has 0 atom stereocenters. The Morgan fingerprint density at radius 1 is 1.53 bits per heavy atom. The number of ether oxygens (including phenoxy) is 1. The van der Waals surface area contributed by atoms with E-state index in [1.807, 2.05) is 0 Å². The van der Waals surface area contributed by atoms with Crippen LogP contribution in [0.25, 0.3) is 0 Å². The second-order valence-electron chi connectivity index (χ2n) is 4.50. The summed E-state index contributed by atoms with van der Waals surface area (Å²) in [6.07, 6.45) is 1.77. The van der Waals surface area contributed by atoms with Gasteiger partial charge >= 0.3 is 0 Å². The number of aromatic nitrogens is 1. The molecule has 0 radical (unpaired) electrons. The highest BCUT2D eigenvalue weighted by Gasteiger charge is 2.19. The van der Waals surface area contributed by atoms with Crippen molar-refractivity contribution in [3.63, 3.8) is 0 Å². The highest BCUT2D eigenvalue weighted by molar-refractivity contribution is 7.13. The van der Waals surface area contributed by atoms with E-state index in [2.05, 4.69) is 22.2 Å². The van der Waals surface area contributed by atoms with Gasteiger partial charge < -0.3 is 4.74 Å². The third-order valence-corrected chi connectivity index (χ3v) is 4.11. The normalized spacial score (nSPS) is 16.5. The average molecular weight is 284 g/mol. The number of nitrogens with one attached hydrogen (secondary N) is 1. The molecule has 0 bridgehead atoms. The SMILES string of the molecule is CCCc1nc(CN2CCOCC2)sc1C(=O)NN. The lowest BCUT2D eigenvalue weighted by Gasteiger charge is -2.25. The van der Waals surface area contributed by atoms with E-state index in [4.69, 9.17) is 10.6 Å². The van der Waals surface area contributed by atoms with E-state index in [-0.39, 0.29) is 5.91 Å². The van der Waals surface area contributed by atoms with Crippen molar-refractivity contribution in [2.24, 2.45) is 5.84 Å². The quantitative estimate of drug-likeness (QED) is 0.468. The number of nitrogen functional groups attached to an aromatic ring is 1. The summed E-state index contributed by atoms with van der Waals surface area (Å²) in [5.41, 5.74) is 3.05. The molecule has 1 aromatic rings. The summed E-state index contributed by atoms with van der Waals surface area (Å²) in [6.45, 7) is 6.22. The molecule has 0 aromatic carbocycles. The van der Waals surface area contributed by atoms with Gasteiger partial charge in [-0.3, -0.25) is 15.1 Å². The third-order valence-electron chi connectivity index (χ3n) is 3.03. The number of morpholine rings is 1. The number of carbonyl (C=O) groups is 1. The number of carbonyl (C=O) groups excluding carboxylic acids is 1. The van der Waals surface area contributed by atoms with Crippen LogP contribution in [0.15, 0.2) is 0 Å². The Hall–Kier alpha value is -1.02. The van der Waals surface area contributed by atoms with Gasteiger partial charge in [0.1, 0.15) is 9.88 Å². The Morgan fingerprint density at radius 2 is 2.26 bits per heavy atom. The van der Waals surface area contributed by atoms with Crippen LogP contribution in [0.3, 0.4) is 0 Å². The van der Waals surface area contributed by atoms with E-state index in [9.17, 15) is 4.79 Å².